The van der Waals surface area contributed by atoms with Crippen LogP contribution in [0.15, 0.2) is 29.2 Å². The minimum absolute atomic E-state index is 0.0971. The average molecular weight is 380 g/mol. The Morgan fingerprint density at radius 1 is 1.08 bits per heavy atom. The number of ether oxygens (including phenoxy) is 1. The average Bonchev–Trinajstić information content (AvgIpc) is 2.89. The first-order valence-electron chi connectivity index (χ1n) is 8.52. The first-order valence-corrected chi connectivity index (χ1v) is 9.50. The smallest absolute Gasteiger partial charge is 0.268 e. The summed E-state index contributed by atoms with van der Waals surface area (Å²) in [6.07, 6.45) is 0. The second-order valence-corrected chi connectivity index (χ2v) is 7.10. The summed E-state index contributed by atoms with van der Waals surface area (Å²) < 4.78 is 18.5. The van der Waals surface area contributed by atoms with Crippen LogP contribution in [0.5, 0.6) is 0 Å². The molecule has 6 nitrogen and oxygen atoms in total. The van der Waals surface area contributed by atoms with E-state index in [-0.39, 0.29) is 24.0 Å². The fourth-order valence-corrected chi connectivity index (χ4v) is 3.85. The Balaban J connectivity index is 1.79. The number of carbonyl (C=O) groups excluding carboxylic acids is 2. The molecule has 1 saturated heterocycles. The molecule has 8 heteroatoms. The summed E-state index contributed by atoms with van der Waals surface area (Å²) in [4.78, 5) is 29.4. The van der Waals surface area contributed by atoms with E-state index in [9.17, 15) is 14.0 Å². The fraction of sp³-hybridized carbons (Fsp3) is 0.444. The molecule has 2 aliphatic rings. The maximum absolute atomic E-state index is 13.2. The van der Waals surface area contributed by atoms with E-state index in [1.54, 1.807) is 0 Å². The molecular formula is C18H21FN2O4S. The molecule has 2 heterocycles. The van der Waals surface area contributed by atoms with Gasteiger partial charge in [-0.25, -0.2) is 4.39 Å². The van der Waals surface area contributed by atoms with Crippen LogP contribution in [0.3, 0.4) is 0 Å². The van der Waals surface area contributed by atoms with Crippen molar-refractivity contribution >= 4 is 29.1 Å². The van der Waals surface area contributed by atoms with E-state index < -0.39 is 5.82 Å². The molecule has 1 aromatic carbocycles. The van der Waals surface area contributed by atoms with E-state index >= 15 is 0 Å². The molecule has 1 fully saturated rings. The zero-order valence-electron chi connectivity index (χ0n) is 14.3. The molecule has 140 valence electrons. The quantitative estimate of drug-likeness (QED) is 0.711. The highest BCUT2D eigenvalue weighted by molar-refractivity contribution is 8.04. The summed E-state index contributed by atoms with van der Waals surface area (Å²) in [5, 5.41) is 9.09. The van der Waals surface area contributed by atoms with Crippen molar-refractivity contribution in [2.45, 2.75) is 0 Å². The van der Waals surface area contributed by atoms with Gasteiger partial charge in [-0.05, 0) is 17.7 Å². The molecule has 0 spiro atoms. The van der Waals surface area contributed by atoms with Crippen molar-refractivity contribution in [3.8, 4) is 0 Å². The van der Waals surface area contributed by atoms with Crippen LogP contribution in [0.25, 0.3) is 5.57 Å². The lowest BCUT2D eigenvalue weighted by molar-refractivity contribution is -0.136. The van der Waals surface area contributed by atoms with Crippen molar-refractivity contribution in [1.29, 1.82) is 0 Å². The Labute approximate surface area is 155 Å². The summed E-state index contributed by atoms with van der Waals surface area (Å²) in [7, 11) is 0. The van der Waals surface area contributed by atoms with Gasteiger partial charge < -0.3 is 9.84 Å². The number of carbonyl (C=O) groups is 2. The number of hydrogen-bond donors (Lipinski definition) is 1. The van der Waals surface area contributed by atoms with Crippen molar-refractivity contribution in [3.05, 3.63) is 40.6 Å². The van der Waals surface area contributed by atoms with Crippen molar-refractivity contribution in [2.75, 3.05) is 51.8 Å². The highest BCUT2D eigenvalue weighted by atomic mass is 32.2. The summed E-state index contributed by atoms with van der Waals surface area (Å²) in [5.41, 5.74) is 0.800. The van der Waals surface area contributed by atoms with Crippen molar-refractivity contribution < 1.29 is 23.8 Å². The maximum Gasteiger partial charge on any atom is 0.268 e. The first kappa shape index (κ1) is 19.0. The lowest BCUT2D eigenvalue weighted by atomic mass is 10.1. The van der Waals surface area contributed by atoms with Crippen LogP contribution < -0.4 is 0 Å². The molecule has 3 rings (SSSR count). The predicted octanol–water partition coefficient (Wildman–Crippen LogP) is 0.963. The standard InChI is InChI=1S/C18H21FN2O4S/c19-14-3-1-13(2-4-14)15-16(26-12-9-22)18(24)21(17(15)23)6-5-20-7-10-25-11-8-20/h1-4,22H,5-12H2. The van der Waals surface area contributed by atoms with Crippen LogP contribution in [-0.2, 0) is 14.3 Å². The Hall–Kier alpha value is -1.74. The van der Waals surface area contributed by atoms with Gasteiger partial charge in [-0.3, -0.25) is 19.4 Å². The predicted molar refractivity (Wildman–Crippen MR) is 96.8 cm³/mol. The van der Waals surface area contributed by atoms with Crippen LogP contribution >= 0.6 is 11.8 Å². The number of halogens is 1. The number of aliphatic hydroxyl groups is 1. The SMILES string of the molecule is O=C1C(SCCO)=C(c2ccc(F)cc2)C(=O)N1CCN1CCOCC1. The molecule has 1 N–H and O–H groups in total. The number of rotatable bonds is 7. The van der Waals surface area contributed by atoms with Crippen LogP contribution in [0.4, 0.5) is 4.39 Å². The Morgan fingerprint density at radius 3 is 2.42 bits per heavy atom. The normalized spacial score (nSPS) is 18.9. The topological polar surface area (TPSA) is 70.1 Å². The molecule has 1 aromatic rings. The Bertz CT molecular complexity index is 702. The van der Waals surface area contributed by atoms with Gasteiger partial charge in [-0.15, -0.1) is 11.8 Å². The minimum atomic E-state index is -0.403. The van der Waals surface area contributed by atoms with E-state index in [1.807, 2.05) is 0 Å². The van der Waals surface area contributed by atoms with Crippen LogP contribution in [0, 0.1) is 5.82 Å². The third-order valence-electron chi connectivity index (χ3n) is 4.34. The molecular weight excluding hydrogens is 359 g/mol. The van der Waals surface area contributed by atoms with E-state index in [4.69, 9.17) is 9.84 Å². The van der Waals surface area contributed by atoms with E-state index in [2.05, 4.69) is 4.90 Å². The van der Waals surface area contributed by atoms with Crippen LogP contribution in [0.2, 0.25) is 0 Å². The van der Waals surface area contributed by atoms with Crippen molar-refractivity contribution in [2.24, 2.45) is 0 Å². The molecule has 0 bridgehead atoms. The van der Waals surface area contributed by atoms with Crippen LogP contribution in [-0.4, -0.2) is 78.5 Å². The van der Waals surface area contributed by atoms with Gasteiger partial charge in [0.2, 0.25) is 0 Å². The lowest BCUT2D eigenvalue weighted by Gasteiger charge is -2.28. The fourth-order valence-electron chi connectivity index (χ4n) is 2.98. The maximum atomic E-state index is 13.2. The summed E-state index contributed by atoms with van der Waals surface area (Å²) in [5.74, 6) is -0.799. The zero-order valence-corrected chi connectivity index (χ0v) is 15.1. The molecule has 0 atom stereocenters. The van der Waals surface area contributed by atoms with Gasteiger partial charge in [0.25, 0.3) is 11.8 Å². The second-order valence-electron chi connectivity index (χ2n) is 6.00. The molecule has 0 radical (unpaired) electrons. The Morgan fingerprint density at radius 2 is 1.77 bits per heavy atom. The summed E-state index contributed by atoms with van der Waals surface area (Å²) in [6.45, 7) is 3.65. The number of aliphatic hydroxyl groups excluding tert-OH is 1. The van der Waals surface area contributed by atoms with Gasteiger partial charge >= 0.3 is 0 Å². The largest absolute Gasteiger partial charge is 0.396 e. The summed E-state index contributed by atoms with van der Waals surface area (Å²) in [6, 6.07) is 5.54. The van der Waals surface area contributed by atoms with Crippen molar-refractivity contribution in [3.63, 3.8) is 0 Å². The van der Waals surface area contributed by atoms with Crippen LogP contribution in [0.1, 0.15) is 5.56 Å². The number of morpholine rings is 1. The van der Waals surface area contributed by atoms with E-state index in [1.165, 1.54) is 29.2 Å². The van der Waals surface area contributed by atoms with Gasteiger partial charge in [-0.1, -0.05) is 12.1 Å². The third kappa shape index (κ3) is 4.15. The van der Waals surface area contributed by atoms with E-state index in [0.717, 1.165) is 24.9 Å². The molecule has 2 amide bonds. The highest BCUT2D eigenvalue weighted by Crippen LogP contribution is 2.35. The van der Waals surface area contributed by atoms with E-state index in [0.29, 0.717) is 42.5 Å². The lowest BCUT2D eigenvalue weighted by Crippen LogP contribution is -2.43. The molecule has 0 aromatic heterocycles. The van der Waals surface area contributed by atoms with Gasteiger partial charge in [0.1, 0.15) is 5.82 Å². The molecule has 0 unspecified atom stereocenters. The molecule has 0 saturated carbocycles. The van der Waals surface area contributed by atoms with Gasteiger partial charge in [0, 0.05) is 31.9 Å². The number of hydrogen-bond acceptors (Lipinski definition) is 6. The number of benzene rings is 1. The Kier molecular flexibility index (Phi) is 6.42. The third-order valence-corrected chi connectivity index (χ3v) is 5.39. The number of nitrogens with zero attached hydrogens (tertiary/aromatic N) is 2. The zero-order chi connectivity index (χ0) is 18.5. The first-order chi connectivity index (χ1) is 12.6. The van der Waals surface area contributed by atoms with Gasteiger partial charge in [0.15, 0.2) is 0 Å². The monoisotopic (exact) mass is 380 g/mol. The van der Waals surface area contributed by atoms with Crippen molar-refractivity contribution in [1.82, 2.24) is 9.80 Å². The van der Waals surface area contributed by atoms with Gasteiger partial charge in [-0.2, -0.15) is 0 Å². The highest BCUT2D eigenvalue weighted by Gasteiger charge is 2.39. The van der Waals surface area contributed by atoms with Gasteiger partial charge in [0.05, 0.1) is 30.3 Å². The summed E-state index contributed by atoms with van der Waals surface area (Å²) >= 11 is 1.16. The molecule has 2 aliphatic heterocycles. The minimum Gasteiger partial charge on any atom is -0.396 e. The molecule has 0 aliphatic carbocycles. The second kappa shape index (κ2) is 8.77. The number of amides is 2. The number of imide groups is 1. The number of thioether (sulfide) groups is 1. The molecule has 26 heavy (non-hydrogen) atoms.